The second-order valence-corrected chi connectivity index (χ2v) is 7.11. The summed E-state index contributed by atoms with van der Waals surface area (Å²) in [6.45, 7) is 2.07. The zero-order valence-electron chi connectivity index (χ0n) is 14.0. The van der Waals surface area contributed by atoms with Gasteiger partial charge in [0.2, 0.25) is 0 Å². The van der Waals surface area contributed by atoms with Crippen molar-refractivity contribution in [1.29, 1.82) is 0 Å². The van der Waals surface area contributed by atoms with E-state index < -0.39 is 0 Å². The number of rotatable bonds is 3. The van der Waals surface area contributed by atoms with Crippen molar-refractivity contribution in [2.24, 2.45) is 24.8 Å². The Labute approximate surface area is 140 Å². The first-order chi connectivity index (χ1) is 11.6. The fourth-order valence-electron chi connectivity index (χ4n) is 4.59. The molecule has 3 N–H and O–H groups in total. The van der Waals surface area contributed by atoms with Crippen molar-refractivity contribution in [3.05, 3.63) is 18.0 Å². The molecule has 24 heavy (non-hydrogen) atoms. The average Bonchev–Trinajstić information content (AvgIpc) is 3.22. The van der Waals surface area contributed by atoms with Crippen LogP contribution in [0.5, 0.6) is 0 Å². The quantitative estimate of drug-likeness (QED) is 0.801. The topological polar surface area (TPSA) is 92.1 Å². The van der Waals surface area contributed by atoms with Crippen molar-refractivity contribution in [2.45, 2.75) is 32.2 Å². The molecule has 4 atom stereocenters. The molecule has 0 aliphatic heterocycles. The number of amides is 2. The molecule has 4 rings (SSSR count). The van der Waals surface area contributed by atoms with Gasteiger partial charge in [-0.3, -0.25) is 4.68 Å². The van der Waals surface area contributed by atoms with E-state index in [9.17, 15) is 9.90 Å². The van der Waals surface area contributed by atoms with Gasteiger partial charge in [0.1, 0.15) is 0 Å². The number of hydrogen-bond acceptors (Lipinski definition) is 4. The molecule has 2 bridgehead atoms. The molecule has 2 saturated carbocycles. The molecule has 0 saturated heterocycles. The lowest BCUT2D eigenvalue weighted by atomic mass is 9.85. The summed E-state index contributed by atoms with van der Waals surface area (Å²) in [7, 11) is 1.85. The van der Waals surface area contributed by atoms with Crippen LogP contribution in [-0.2, 0) is 7.05 Å². The van der Waals surface area contributed by atoms with Crippen LogP contribution in [0.15, 0.2) is 12.3 Å². The predicted octanol–water partition coefficient (Wildman–Crippen LogP) is 1.81. The highest BCUT2D eigenvalue weighted by atomic mass is 16.3. The Morgan fingerprint density at radius 1 is 1.42 bits per heavy atom. The molecular weight excluding hydrogens is 306 g/mol. The van der Waals surface area contributed by atoms with Gasteiger partial charge in [0.05, 0.1) is 17.6 Å². The third-order valence-electron chi connectivity index (χ3n) is 5.72. The fraction of sp³-hybridized carbons (Fsp3) is 0.588. The predicted molar refractivity (Wildman–Crippen MR) is 90.6 cm³/mol. The number of fused-ring (bicyclic) bond motifs is 3. The molecule has 2 aliphatic carbocycles. The van der Waals surface area contributed by atoms with Crippen molar-refractivity contribution >= 4 is 22.8 Å². The molecule has 0 aromatic carbocycles. The standard InChI is InChI=1S/C17H23N5O2/c1-9-13-6-12(7-18-16(13)22(2)21-9)19-17(24)20-15-11-4-3-10(5-11)14(15)8-23/h6-7,10-11,14-15,23H,3-5,8H2,1-2H3,(H2,19,20,24). The van der Waals surface area contributed by atoms with E-state index in [-0.39, 0.29) is 24.6 Å². The minimum atomic E-state index is -0.228. The minimum absolute atomic E-state index is 0.0746. The lowest BCUT2D eigenvalue weighted by molar-refractivity contribution is 0.146. The zero-order valence-corrected chi connectivity index (χ0v) is 14.0. The first-order valence-corrected chi connectivity index (χ1v) is 8.54. The molecule has 2 aliphatic rings. The summed E-state index contributed by atoms with van der Waals surface area (Å²) in [4.78, 5) is 16.8. The van der Waals surface area contributed by atoms with Crippen molar-refractivity contribution in [2.75, 3.05) is 11.9 Å². The Morgan fingerprint density at radius 3 is 3.00 bits per heavy atom. The molecule has 2 aromatic heterocycles. The van der Waals surface area contributed by atoms with E-state index in [1.165, 1.54) is 6.42 Å². The number of anilines is 1. The lowest BCUT2D eigenvalue weighted by Crippen LogP contribution is -2.46. The van der Waals surface area contributed by atoms with Crippen LogP contribution < -0.4 is 10.6 Å². The third kappa shape index (κ3) is 2.43. The highest BCUT2D eigenvalue weighted by molar-refractivity contribution is 5.92. The van der Waals surface area contributed by atoms with Gasteiger partial charge in [0, 0.05) is 31.0 Å². The number of nitrogens with zero attached hydrogens (tertiary/aromatic N) is 3. The SMILES string of the molecule is Cc1nn(C)c2ncc(NC(=O)NC3C4CCC(C4)C3CO)cc12. The van der Waals surface area contributed by atoms with Crippen LogP contribution in [0.2, 0.25) is 0 Å². The van der Waals surface area contributed by atoms with Crippen LogP contribution >= 0.6 is 0 Å². The van der Waals surface area contributed by atoms with E-state index in [2.05, 4.69) is 20.7 Å². The highest BCUT2D eigenvalue weighted by Gasteiger charge is 2.47. The molecule has 2 fully saturated rings. The summed E-state index contributed by atoms with van der Waals surface area (Å²) in [5, 5.41) is 20.8. The zero-order chi connectivity index (χ0) is 16.8. The average molecular weight is 329 g/mol. The largest absolute Gasteiger partial charge is 0.396 e. The summed E-state index contributed by atoms with van der Waals surface area (Å²) in [5.74, 6) is 1.25. The molecular formula is C17H23N5O2. The van der Waals surface area contributed by atoms with Crippen LogP contribution in [0, 0.1) is 24.7 Å². The normalized spacial score (nSPS) is 28.5. The van der Waals surface area contributed by atoms with Crippen molar-refractivity contribution in [3.63, 3.8) is 0 Å². The van der Waals surface area contributed by atoms with Crippen LogP contribution in [-0.4, -0.2) is 38.6 Å². The number of nitrogens with one attached hydrogen (secondary N) is 2. The Bertz CT molecular complexity index is 787. The van der Waals surface area contributed by atoms with Crippen LogP contribution in [0.3, 0.4) is 0 Å². The third-order valence-corrected chi connectivity index (χ3v) is 5.72. The van der Waals surface area contributed by atoms with E-state index in [0.29, 0.717) is 17.5 Å². The molecule has 4 unspecified atom stereocenters. The van der Waals surface area contributed by atoms with Gasteiger partial charge in [0.15, 0.2) is 5.65 Å². The van der Waals surface area contributed by atoms with E-state index in [1.807, 2.05) is 20.0 Å². The van der Waals surface area contributed by atoms with Gasteiger partial charge in [0.25, 0.3) is 0 Å². The van der Waals surface area contributed by atoms with Gasteiger partial charge in [-0.05, 0) is 44.1 Å². The molecule has 128 valence electrons. The lowest BCUT2D eigenvalue weighted by Gasteiger charge is -2.30. The number of pyridine rings is 1. The Morgan fingerprint density at radius 2 is 2.21 bits per heavy atom. The van der Waals surface area contributed by atoms with Gasteiger partial charge < -0.3 is 15.7 Å². The van der Waals surface area contributed by atoms with Crippen LogP contribution in [0.1, 0.15) is 25.0 Å². The number of urea groups is 1. The first-order valence-electron chi connectivity index (χ1n) is 8.54. The van der Waals surface area contributed by atoms with Gasteiger partial charge in [-0.15, -0.1) is 0 Å². The molecule has 0 radical (unpaired) electrons. The summed E-state index contributed by atoms with van der Waals surface area (Å²) in [5.41, 5.74) is 2.34. The highest BCUT2D eigenvalue weighted by Crippen LogP contribution is 2.48. The molecule has 2 heterocycles. The van der Waals surface area contributed by atoms with Gasteiger partial charge in [-0.1, -0.05) is 0 Å². The smallest absolute Gasteiger partial charge is 0.319 e. The number of aliphatic hydroxyl groups excluding tert-OH is 1. The summed E-state index contributed by atoms with van der Waals surface area (Å²) >= 11 is 0. The number of carbonyl (C=O) groups excluding carboxylic acids is 1. The summed E-state index contributed by atoms with van der Waals surface area (Å²) in [6.07, 6.45) is 5.09. The number of aliphatic hydroxyl groups is 1. The monoisotopic (exact) mass is 329 g/mol. The molecule has 7 heteroatoms. The minimum Gasteiger partial charge on any atom is -0.396 e. The Balaban J connectivity index is 1.47. The van der Waals surface area contributed by atoms with Gasteiger partial charge in [-0.25, -0.2) is 9.78 Å². The van der Waals surface area contributed by atoms with Gasteiger partial charge in [-0.2, -0.15) is 5.10 Å². The first kappa shape index (κ1) is 15.4. The number of aryl methyl sites for hydroxylation is 2. The van der Waals surface area contributed by atoms with Crippen LogP contribution in [0.25, 0.3) is 11.0 Å². The van der Waals surface area contributed by atoms with Crippen molar-refractivity contribution < 1.29 is 9.90 Å². The maximum Gasteiger partial charge on any atom is 0.319 e. The Kier molecular flexibility index (Phi) is 3.68. The number of hydrogen-bond donors (Lipinski definition) is 3. The number of aromatic nitrogens is 3. The molecule has 7 nitrogen and oxygen atoms in total. The summed E-state index contributed by atoms with van der Waals surface area (Å²) in [6, 6.07) is 1.74. The van der Waals surface area contributed by atoms with Crippen molar-refractivity contribution in [1.82, 2.24) is 20.1 Å². The maximum absolute atomic E-state index is 12.4. The fourth-order valence-corrected chi connectivity index (χ4v) is 4.59. The molecule has 2 amide bonds. The van der Waals surface area contributed by atoms with E-state index in [1.54, 1.807) is 10.9 Å². The van der Waals surface area contributed by atoms with Crippen LogP contribution in [0.4, 0.5) is 10.5 Å². The van der Waals surface area contributed by atoms with E-state index >= 15 is 0 Å². The van der Waals surface area contributed by atoms with Crippen molar-refractivity contribution in [3.8, 4) is 0 Å². The number of carbonyl (C=O) groups is 1. The maximum atomic E-state index is 12.4. The Hall–Kier alpha value is -2.15. The van der Waals surface area contributed by atoms with Gasteiger partial charge >= 0.3 is 6.03 Å². The molecule has 2 aromatic rings. The van der Waals surface area contributed by atoms with E-state index in [4.69, 9.17) is 0 Å². The van der Waals surface area contributed by atoms with E-state index in [0.717, 1.165) is 29.6 Å². The second kappa shape index (κ2) is 5.73. The second-order valence-electron chi connectivity index (χ2n) is 7.11. The summed E-state index contributed by atoms with van der Waals surface area (Å²) < 4.78 is 1.73. The molecule has 0 spiro atoms.